The van der Waals surface area contributed by atoms with Gasteiger partial charge in [0.15, 0.2) is 0 Å². The third-order valence-corrected chi connectivity index (χ3v) is 3.63. The van der Waals surface area contributed by atoms with E-state index < -0.39 is 0 Å². The lowest BCUT2D eigenvalue weighted by Gasteiger charge is -2.10. The van der Waals surface area contributed by atoms with Gasteiger partial charge in [-0.15, -0.1) is 11.3 Å². The van der Waals surface area contributed by atoms with Crippen LogP contribution in [0, 0.1) is 0 Å². The van der Waals surface area contributed by atoms with Crippen molar-refractivity contribution in [3.8, 4) is 5.88 Å². The van der Waals surface area contributed by atoms with Crippen molar-refractivity contribution in [2.75, 3.05) is 13.7 Å². The average Bonchev–Trinajstić information content (AvgIpc) is 2.93. The second-order valence-corrected chi connectivity index (χ2v) is 5.00. The fourth-order valence-corrected chi connectivity index (χ4v) is 2.35. The minimum atomic E-state index is 0.426. The second-order valence-electron chi connectivity index (χ2n) is 4.07. The van der Waals surface area contributed by atoms with Crippen LogP contribution in [0.3, 0.4) is 0 Å². The van der Waals surface area contributed by atoms with E-state index in [1.807, 2.05) is 29.8 Å². The fraction of sp³-hybridized carbons (Fsp3) is 0.385. The number of methoxy groups -OCH3 is 1. The van der Waals surface area contributed by atoms with Crippen LogP contribution < -0.4 is 10.1 Å². The summed E-state index contributed by atoms with van der Waals surface area (Å²) in [5.74, 6) is 1.08. The number of nitrogens with one attached hydrogen (secondary N) is 1. The van der Waals surface area contributed by atoms with Gasteiger partial charge in [-0.3, -0.25) is 0 Å². The molecule has 2 aromatic heterocycles. The van der Waals surface area contributed by atoms with Crippen molar-refractivity contribution in [2.45, 2.75) is 19.4 Å². The van der Waals surface area contributed by atoms with E-state index in [9.17, 15) is 0 Å². The minimum absolute atomic E-state index is 0.426. The molecule has 5 heteroatoms. The summed E-state index contributed by atoms with van der Waals surface area (Å²) in [7, 11) is 1.63. The molecule has 0 aromatic carbocycles. The Morgan fingerprint density at radius 3 is 3.06 bits per heavy atom. The maximum atomic E-state index is 5.09. The van der Waals surface area contributed by atoms with Crippen molar-refractivity contribution < 1.29 is 4.74 Å². The third-order valence-electron chi connectivity index (χ3n) is 2.62. The molecule has 18 heavy (non-hydrogen) atoms. The molecule has 0 aliphatic heterocycles. The predicted molar refractivity (Wildman–Crippen MR) is 73.0 cm³/mol. The van der Waals surface area contributed by atoms with Gasteiger partial charge in [-0.2, -0.15) is 0 Å². The summed E-state index contributed by atoms with van der Waals surface area (Å²) in [6.07, 6.45) is 1.85. The van der Waals surface area contributed by atoms with Crippen LogP contribution in [0.1, 0.15) is 23.5 Å². The first kappa shape index (κ1) is 13.0. The zero-order valence-corrected chi connectivity index (χ0v) is 11.4. The molecule has 1 unspecified atom stereocenters. The molecule has 0 saturated heterocycles. The molecule has 2 aromatic rings. The molecule has 96 valence electrons. The average molecular weight is 263 g/mol. The zero-order valence-electron chi connectivity index (χ0n) is 10.6. The number of rotatable bonds is 6. The molecule has 2 heterocycles. The Kier molecular flexibility index (Phi) is 4.66. The smallest absolute Gasteiger partial charge is 0.213 e. The van der Waals surface area contributed by atoms with Crippen LogP contribution in [-0.2, 0) is 6.54 Å². The quantitative estimate of drug-likeness (QED) is 0.869. The van der Waals surface area contributed by atoms with Crippen molar-refractivity contribution in [1.29, 1.82) is 0 Å². The number of aromatic nitrogens is 2. The normalized spacial score (nSPS) is 12.3. The highest BCUT2D eigenvalue weighted by Crippen LogP contribution is 2.16. The van der Waals surface area contributed by atoms with Crippen molar-refractivity contribution in [2.24, 2.45) is 0 Å². The molecule has 0 radical (unpaired) electrons. The van der Waals surface area contributed by atoms with Crippen LogP contribution in [0.2, 0.25) is 0 Å². The summed E-state index contributed by atoms with van der Waals surface area (Å²) in [6.45, 7) is 3.81. The van der Waals surface area contributed by atoms with Crippen LogP contribution in [0.5, 0.6) is 5.88 Å². The first-order valence-corrected chi connectivity index (χ1v) is 6.77. The molecule has 0 aliphatic rings. The largest absolute Gasteiger partial charge is 0.481 e. The summed E-state index contributed by atoms with van der Waals surface area (Å²) in [5, 5.41) is 6.57. The number of hydrogen-bond acceptors (Lipinski definition) is 5. The van der Waals surface area contributed by atoms with Gasteiger partial charge in [-0.05, 0) is 6.07 Å². The summed E-state index contributed by atoms with van der Waals surface area (Å²) >= 11 is 1.70. The lowest BCUT2D eigenvalue weighted by Crippen LogP contribution is -2.20. The Morgan fingerprint density at radius 1 is 1.44 bits per heavy atom. The molecule has 0 saturated carbocycles. The van der Waals surface area contributed by atoms with E-state index in [4.69, 9.17) is 4.74 Å². The Morgan fingerprint density at radius 2 is 2.33 bits per heavy atom. The lowest BCUT2D eigenvalue weighted by atomic mass is 10.2. The highest BCUT2D eigenvalue weighted by Gasteiger charge is 2.07. The highest BCUT2D eigenvalue weighted by molar-refractivity contribution is 7.09. The minimum Gasteiger partial charge on any atom is -0.481 e. The van der Waals surface area contributed by atoms with E-state index in [-0.39, 0.29) is 0 Å². The molecule has 2 rings (SSSR count). The van der Waals surface area contributed by atoms with E-state index in [0.29, 0.717) is 11.8 Å². The Labute approximate surface area is 111 Å². The van der Waals surface area contributed by atoms with Gasteiger partial charge in [-0.25, -0.2) is 9.97 Å². The Balaban J connectivity index is 1.81. The fourth-order valence-electron chi connectivity index (χ4n) is 1.65. The summed E-state index contributed by atoms with van der Waals surface area (Å²) in [6, 6.07) is 5.79. The molecular formula is C13H17N3OS. The van der Waals surface area contributed by atoms with Crippen molar-refractivity contribution in [1.82, 2.24) is 15.3 Å². The molecule has 0 aliphatic carbocycles. The summed E-state index contributed by atoms with van der Waals surface area (Å²) in [4.78, 5) is 8.67. The van der Waals surface area contributed by atoms with E-state index >= 15 is 0 Å². The van der Waals surface area contributed by atoms with E-state index in [1.165, 1.54) is 5.01 Å². The van der Waals surface area contributed by atoms with E-state index in [2.05, 4.69) is 22.2 Å². The van der Waals surface area contributed by atoms with Crippen molar-refractivity contribution in [3.05, 3.63) is 40.5 Å². The molecule has 0 bridgehead atoms. The van der Waals surface area contributed by atoms with Gasteiger partial charge in [0.1, 0.15) is 0 Å². The van der Waals surface area contributed by atoms with Gasteiger partial charge >= 0.3 is 0 Å². The van der Waals surface area contributed by atoms with Gasteiger partial charge in [0, 0.05) is 36.7 Å². The van der Waals surface area contributed by atoms with Crippen LogP contribution in [0.4, 0.5) is 0 Å². The van der Waals surface area contributed by atoms with Crippen LogP contribution in [0.25, 0.3) is 0 Å². The van der Waals surface area contributed by atoms with Gasteiger partial charge in [0.25, 0.3) is 0 Å². The van der Waals surface area contributed by atoms with Crippen LogP contribution in [-0.4, -0.2) is 23.6 Å². The molecule has 0 amide bonds. The summed E-state index contributed by atoms with van der Waals surface area (Å²) in [5.41, 5.74) is 0.987. The lowest BCUT2D eigenvalue weighted by molar-refractivity contribution is 0.395. The number of thiazole rings is 1. The molecular weight excluding hydrogens is 246 g/mol. The Hall–Kier alpha value is -1.46. The van der Waals surface area contributed by atoms with Crippen LogP contribution in [0.15, 0.2) is 29.8 Å². The maximum absolute atomic E-state index is 5.09. The van der Waals surface area contributed by atoms with Gasteiger partial charge in [-0.1, -0.05) is 13.0 Å². The van der Waals surface area contributed by atoms with Gasteiger partial charge in [0.2, 0.25) is 5.88 Å². The SMILES string of the molecule is COc1cccc(CNCC(C)c2nccs2)n1. The van der Waals surface area contributed by atoms with Crippen molar-refractivity contribution >= 4 is 11.3 Å². The van der Waals surface area contributed by atoms with Crippen molar-refractivity contribution in [3.63, 3.8) is 0 Å². The van der Waals surface area contributed by atoms with Gasteiger partial charge < -0.3 is 10.1 Å². The third kappa shape index (κ3) is 3.51. The zero-order chi connectivity index (χ0) is 12.8. The molecule has 0 spiro atoms. The van der Waals surface area contributed by atoms with E-state index in [1.54, 1.807) is 18.4 Å². The van der Waals surface area contributed by atoms with Crippen LogP contribution >= 0.6 is 11.3 Å². The number of hydrogen-bond donors (Lipinski definition) is 1. The molecule has 1 N–H and O–H groups in total. The maximum Gasteiger partial charge on any atom is 0.213 e. The molecule has 1 atom stereocenters. The number of pyridine rings is 1. The first-order valence-electron chi connectivity index (χ1n) is 5.89. The number of ether oxygens (including phenoxy) is 1. The monoisotopic (exact) mass is 263 g/mol. The second kappa shape index (κ2) is 6.47. The Bertz CT molecular complexity index is 473. The molecule has 4 nitrogen and oxygen atoms in total. The first-order chi connectivity index (χ1) is 8.79. The topological polar surface area (TPSA) is 47.0 Å². The number of nitrogens with zero attached hydrogens (tertiary/aromatic N) is 2. The van der Waals surface area contributed by atoms with E-state index in [0.717, 1.165) is 18.8 Å². The highest BCUT2D eigenvalue weighted by atomic mass is 32.1. The standard InChI is InChI=1S/C13H17N3OS/c1-10(13-15-6-7-18-13)8-14-9-11-4-3-5-12(16-11)17-2/h3-7,10,14H,8-9H2,1-2H3. The molecule has 0 fully saturated rings. The predicted octanol–water partition coefficient (Wildman–Crippen LogP) is 2.44. The van der Waals surface area contributed by atoms with Gasteiger partial charge in [0.05, 0.1) is 17.8 Å². The summed E-state index contributed by atoms with van der Waals surface area (Å²) < 4.78 is 5.09.